The molecule has 1 aromatic rings. The van der Waals surface area contributed by atoms with Gasteiger partial charge in [0.2, 0.25) is 0 Å². The number of nitrogens with zero attached hydrogens (tertiary/aromatic N) is 1. The average Bonchev–Trinajstić information content (AvgIpc) is 3.10. The number of carbonyl (C=O) groups excluding carboxylic acids is 1. The number of rotatable bonds is 2. The van der Waals surface area contributed by atoms with E-state index in [1.807, 2.05) is 32.9 Å². The van der Waals surface area contributed by atoms with Crippen LogP contribution in [-0.4, -0.2) is 35.3 Å². The quantitative estimate of drug-likeness (QED) is 0.841. The van der Waals surface area contributed by atoms with Crippen LogP contribution >= 0.6 is 11.6 Å². The largest absolute Gasteiger partial charge is 0.444 e. The molecule has 1 unspecified atom stereocenters. The number of amides is 1. The lowest BCUT2D eigenvalue weighted by Crippen LogP contribution is -2.39. The molecule has 6 heteroatoms. The summed E-state index contributed by atoms with van der Waals surface area (Å²) < 4.78 is 5.49. The van der Waals surface area contributed by atoms with Gasteiger partial charge in [0.1, 0.15) is 11.2 Å². The van der Waals surface area contributed by atoms with Gasteiger partial charge in [0.15, 0.2) is 0 Å². The third-order valence-corrected chi connectivity index (χ3v) is 5.60. The van der Waals surface area contributed by atoms with Crippen LogP contribution in [0.25, 0.3) is 0 Å². The zero-order valence-corrected chi connectivity index (χ0v) is 16.2. The van der Waals surface area contributed by atoms with E-state index in [0.29, 0.717) is 13.1 Å². The fourth-order valence-electron chi connectivity index (χ4n) is 3.81. The van der Waals surface area contributed by atoms with E-state index in [2.05, 4.69) is 23.7 Å². The summed E-state index contributed by atoms with van der Waals surface area (Å²) in [4.78, 5) is 20.0. The van der Waals surface area contributed by atoms with Gasteiger partial charge in [0, 0.05) is 29.1 Å². The van der Waals surface area contributed by atoms with Crippen molar-refractivity contribution < 1.29 is 14.4 Å². The highest BCUT2D eigenvalue weighted by Gasteiger charge is 2.53. The normalized spacial score (nSPS) is 26.6. The van der Waals surface area contributed by atoms with E-state index in [-0.39, 0.29) is 11.5 Å². The van der Waals surface area contributed by atoms with Crippen molar-refractivity contribution in [2.45, 2.75) is 56.7 Å². The standard InChI is InChI=1S/C20H25ClN2O3/c1-18(2,3)25-17(24)23-11-10-19(13-23)12-16(22-26-19)20(8-9-20)14-4-6-15(21)7-5-14/h4-7,12,22H,8-11,13H2,1-3H3. The number of nitrogens with one attached hydrogen (secondary N) is 1. The minimum absolute atomic E-state index is 0.00652. The number of hydrogen-bond donors (Lipinski definition) is 1. The Labute approximate surface area is 159 Å². The lowest BCUT2D eigenvalue weighted by molar-refractivity contribution is -0.0365. The maximum atomic E-state index is 12.3. The van der Waals surface area contributed by atoms with Crippen molar-refractivity contribution in [1.82, 2.24) is 10.4 Å². The number of hydrogen-bond acceptors (Lipinski definition) is 4. The van der Waals surface area contributed by atoms with Crippen LogP contribution in [0.3, 0.4) is 0 Å². The molecular formula is C20H25ClN2O3. The van der Waals surface area contributed by atoms with E-state index in [1.54, 1.807) is 4.90 Å². The molecule has 2 heterocycles. The van der Waals surface area contributed by atoms with Crippen LogP contribution in [0.2, 0.25) is 5.02 Å². The molecule has 5 nitrogen and oxygen atoms in total. The summed E-state index contributed by atoms with van der Waals surface area (Å²) >= 11 is 6.03. The summed E-state index contributed by atoms with van der Waals surface area (Å²) in [6, 6.07) is 8.04. The Balaban J connectivity index is 1.50. The van der Waals surface area contributed by atoms with Crippen LogP contribution < -0.4 is 5.48 Å². The molecule has 3 aliphatic rings. The summed E-state index contributed by atoms with van der Waals surface area (Å²) in [7, 11) is 0. The molecule has 1 aromatic carbocycles. The van der Waals surface area contributed by atoms with E-state index in [0.717, 1.165) is 30.0 Å². The van der Waals surface area contributed by atoms with Crippen molar-refractivity contribution in [3.8, 4) is 0 Å². The van der Waals surface area contributed by atoms with Crippen LogP contribution in [0, 0.1) is 0 Å². The van der Waals surface area contributed by atoms with Gasteiger partial charge in [0.25, 0.3) is 0 Å². The van der Waals surface area contributed by atoms with Gasteiger partial charge in [-0.15, -0.1) is 0 Å². The zero-order chi connectivity index (χ0) is 18.6. The number of ether oxygens (including phenoxy) is 1. The lowest BCUT2D eigenvalue weighted by atomic mass is 9.90. The van der Waals surface area contributed by atoms with Gasteiger partial charge in [-0.3, -0.25) is 10.3 Å². The van der Waals surface area contributed by atoms with Gasteiger partial charge >= 0.3 is 6.09 Å². The first kappa shape index (κ1) is 17.7. The van der Waals surface area contributed by atoms with Gasteiger partial charge in [-0.1, -0.05) is 23.7 Å². The minimum Gasteiger partial charge on any atom is -0.444 e. The van der Waals surface area contributed by atoms with E-state index in [4.69, 9.17) is 21.2 Å². The van der Waals surface area contributed by atoms with Gasteiger partial charge < -0.3 is 9.64 Å². The minimum atomic E-state index is -0.491. The number of allylic oxidation sites excluding steroid dienone is 1. The van der Waals surface area contributed by atoms with Crippen LogP contribution in [0.15, 0.2) is 36.0 Å². The zero-order valence-electron chi connectivity index (χ0n) is 15.5. The maximum Gasteiger partial charge on any atom is 0.410 e. The first-order valence-corrected chi connectivity index (χ1v) is 9.51. The molecule has 0 bridgehead atoms. The molecular weight excluding hydrogens is 352 g/mol. The van der Waals surface area contributed by atoms with E-state index >= 15 is 0 Å². The monoisotopic (exact) mass is 376 g/mol. The second-order valence-corrected chi connectivity index (χ2v) is 9.00. The second kappa shape index (κ2) is 5.89. The van der Waals surface area contributed by atoms with Crippen LogP contribution in [0.4, 0.5) is 4.79 Å². The third-order valence-electron chi connectivity index (χ3n) is 5.35. The van der Waals surface area contributed by atoms with Crippen LogP contribution in [-0.2, 0) is 15.0 Å². The van der Waals surface area contributed by atoms with E-state index in [9.17, 15) is 4.79 Å². The van der Waals surface area contributed by atoms with E-state index < -0.39 is 11.2 Å². The van der Waals surface area contributed by atoms with Gasteiger partial charge in [-0.25, -0.2) is 4.79 Å². The Bertz CT molecular complexity index is 749. The number of benzene rings is 1. The molecule has 26 heavy (non-hydrogen) atoms. The topological polar surface area (TPSA) is 50.8 Å². The highest BCUT2D eigenvalue weighted by Crippen LogP contribution is 2.55. The molecule has 0 aromatic heterocycles. The van der Waals surface area contributed by atoms with Crippen molar-refractivity contribution in [1.29, 1.82) is 0 Å². The summed E-state index contributed by atoms with van der Waals surface area (Å²) in [5.74, 6) is 0. The van der Waals surface area contributed by atoms with Crippen molar-refractivity contribution >= 4 is 17.7 Å². The Kier molecular flexibility index (Phi) is 4.01. The Morgan fingerprint density at radius 3 is 2.54 bits per heavy atom. The molecule has 1 aliphatic carbocycles. The molecule has 1 amide bonds. The van der Waals surface area contributed by atoms with Gasteiger partial charge in [-0.05, 0) is 57.4 Å². The summed E-state index contributed by atoms with van der Waals surface area (Å²) in [6.45, 7) is 6.78. The SMILES string of the molecule is CC(C)(C)OC(=O)N1CCC2(C=C(C3(c4ccc(Cl)cc4)CC3)NO2)C1. The molecule has 140 valence electrons. The Morgan fingerprint density at radius 2 is 1.92 bits per heavy atom. The number of halogens is 1. The van der Waals surface area contributed by atoms with E-state index in [1.165, 1.54) is 5.56 Å². The molecule has 1 spiro atoms. The highest BCUT2D eigenvalue weighted by atomic mass is 35.5. The molecule has 2 fully saturated rings. The van der Waals surface area contributed by atoms with Crippen molar-refractivity contribution in [2.24, 2.45) is 0 Å². The Morgan fingerprint density at radius 1 is 1.23 bits per heavy atom. The van der Waals surface area contributed by atoms with Gasteiger partial charge in [-0.2, -0.15) is 0 Å². The molecule has 1 atom stereocenters. The summed E-state index contributed by atoms with van der Waals surface area (Å²) in [5, 5.41) is 0.745. The Hall–Kier alpha value is -1.72. The summed E-state index contributed by atoms with van der Waals surface area (Å²) in [6.07, 6.45) is 4.84. The van der Waals surface area contributed by atoms with Gasteiger partial charge in [0.05, 0.1) is 6.54 Å². The van der Waals surface area contributed by atoms with Crippen LogP contribution in [0.5, 0.6) is 0 Å². The van der Waals surface area contributed by atoms with Crippen molar-refractivity contribution in [2.75, 3.05) is 13.1 Å². The fourth-order valence-corrected chi connectivity index (χ4v) is 3.94. The fraction of sp³-hybridized carbons (Fsp3) is 0.550. The summed E-state index contributed by atoms with van der Waals surface area (Å²) in [5.41, 5.74) is 4.56. The molecule has 1 N–H and O–H groups in total. The van der Waals surface area contributed by atoms with Crippen LogP contribution in [0.1, 0.15) is 45.6 Å². The number of hydroxylamine groups is 1. The predicted molar refractivity (Wildman–Crippen MR) is 99.8 cm³/mol. The predicted octanol–water partition coefficient (Wildman–Crippen LogP) is 4.17. The first-order chi connectivity index (χ1) is 12.2. The van der Waals surface area contributed by atoms with Crippen molar-refractivity contribution in [3.63, 3.8) is 0 Å². The average molecular weight is 377 g/mol. The molecule has 1 saturated carbocycles. The molecule has 2 aliphatic heterocycles. The molecule has 4 rings (SSSR count). The smallest absolute Gasteiger partial charge is 0.410 e. The lowest BCUT2D eigenvalue weighted by Gasteiger charge is -2.25. The maximum absolute atomic E-state index is 12.3. The number of carbonyl (C=O) groups is 1. The molecule has 1 saturated heterocycles. The first-order valence-electron chi connectivity index (χ1n) is 9.13. The molecule has 0 radical (unpaired) electrons. The second-order valence-electron chi connectivity index (χ2n) is 8.57. The highest BCUT2D eigenvalue weighted by molar-refractivity contribution is 6.30. The third kappa shape index (κ3) is 3.19. The van der Waals surface area contributed by atoms with Crippen molar-refractivity contribution in [3.05, 3.63) is 46.6 Å². The number of likely N-dealkylation sites (tertiary alicyclic amines) is 1.